The van der Waals surface area contributed by atoms with Crippen LogP contribution in [-0.4, -0.2) is 59.4 Å². The summed E-state index contributed by atoms with van der Waals surface area (Å²) < 4.78 is 19.2. The molecule has 3 rings (SSSR count). The SMILES string of the molecule is CCOc1ccc(C(=O)N2CCCN(C(=O)c3ccc[nH]3)CC2)cc1F. The normalized spacial score (nSPS) is 14.8. The molecule has 2 heterocycles. The van der Waals surface area contributed by atoms with Crippen LogP contribution in [0.3, 0.4) is 0 Å². The number of hydrogen-bond donors (Lipinski definition) is 1. The van der Waals surface area contributed by atoms with E-state index in [1.807, 2.05) is 0 Å². The molecule has 1 aliphatic heterocycles. The monoisotopic (exact) mass is 359 g/mol. The zero-order valence-corrected chi connectivity index (χ0v) is 14.7. The van der Waals surface area contributed by atoms with E-state index in [-0.39, 0.29) is 23.1 Å². The Bertz CT molecular complexity index is 776. The lowest BCUT2D eigenvalue weighted by Crippen LogP contribution is -2.37. The maximum Gasteiger partial charge on any atom is 0.270 e. The second kappa shape index (κ2) is 8.03. The second-order valence-corrected chi connectivity index (χ2v) is 6.10. The van der Waals surface area contributed by atoms with E-state index in [0.717, 1.165) is 0 Å². The Morgan fingerprint density at radius 1 is 1.12 bits per heavy atom. The van der Waals surface area contributed by atoms with Crippen LogP contribution < -0.4 is 4.74 Å². The van der Waals surface area contributed by atoms with Crippen molar-refractivity contribution in [2.45, 2.75) is 13.3 Å². The van der Waals surface area contributed by atoms with E-state index in [0.29, 0.717) is 44.9 Å². The minimum absolute atomic E-state index is 0.0728. The highest BCUT2D eigenvalue weighted by molar-refractivity contribution is 5.95. The van der Waals surface area contributed by atoms with Gasteiger partial charge in [0.1, 0.15) is 5.69 Å². The Morgan fingerprint density at radius 3 is 2.46 bits per heavy atom. The number of benzene rings is 1. The Morgan fingerprint density at radius 2 is 1.85 bits per heavy atom. The van der Waals surface area contributed by atoms with Crippen LogP contribution in [0.25, 0.3) is 0 Å². The molecular weight excluding hydrogens is 337 g/mol. The molecule has 2 amide bonds. The number of halogens is 1. The van der Waals surface area contributed by atoms with Crippen LogP contribution in [0.2, 0.25) is 0 Å². The Kier molecular flexibility index (Phi) is 5.55. The molecule has 6 nitrogen and oxygen atoms in total. The number of carbonyl (C=O) groups is 2. The van der Waals surface area contributed by atoms with Crippen LogP contribution in [0, 0.1) is 5.82 Å². The molecule has 0 saturated carbocycles. The van der Waals surface area contributed by atoms with Gasteiger partial charge in [0.25, 0.3) is 11.8 Å². The molecule has 0 bridgehead atoms. The summed E-state index contributed by atoms with van der Waals surface area (Å²) in [6.45, 7) is 4.11. The third-order valence-corrected chi connectivity index (χ3v) is 4.38. The van der Waals surface area contributed by atoms with Crippen LogP contribution in [0.15, 0.2) is 36.5 Å². The highest BCUT2D eigenvalue weighted by Gasteiger charge is 2.24. The smallest absolute Gasteiger partial charge is 0.270 e. The molecule has 0 radical (unpaired) electrons. The average molecular weight is 359 g/mol. The van der Waals surface area contributed by atoms with Gasteiger partial charge in [-0.25, -0.2) is 4.39 Å². The highest BCUT2D eigenvalue weighted by atomic mass is 19.1. The summed E-state index contributed by atoms with van der Waals surface area (Å²) >= 11 is 0. The van der Waals surface area contributed by atoms with Crippen molar-refractivity contribution < 1.29 is 18.7 Å². The molecule has 0 spiro atoms. The lowest BCUT2D eigenvalue weighted by molar-refractivity contribution is 0.0716. The molecule has 0 unspecified atom stereocenters. The summed E-state index contributed by atoms with van der Waals surface area (Å²) in [5.41, 5.74) is 0.827. The molecule has 1 aliphatic rings. The summed E-state index contributed by atoms with van der Waals surface area (Å²) in [6.07, 6.45) is 2.39. The number of aromatic amines is 1. The molecule has 7 heteroatoms. The fourth-order valence-electron chi connectivity index (χ4n) is 3.05. The summed E-state index contributed by atoms with van der Waals surface area (Å²) in [7, 11) is 0. The fourth-order valence-corrected chi connectivity index (χ4v) is 3.05. The molecule has 138 valence electrons. The maximum absolute atomic E-state index is 14.0. The molecule has 1 aromatic heterocycles. The van der Waals surface area contributed by atoms with Crippen molar-refractivity contribution in [2.75, 3.05) is 32.8 Å². The topological polar surface area (TPSA) is 65.6 Å². The lowest BCUT2D eigenvalue weighted by Gasteiger charge is -2.22. The van der Waals surface area contributed by atoms with Gasteiger partial charge in [-0.05, 0) is 43.7 Å². The van der Waals surface area contributed by atoms with E-state index in [4.69, 9.17) is 4.74 Å². The Balaban J connectivity index is 1.66. The number of aromatic nitrogens is 1. The van der Waals surface area contributed by atoms with Crippen LogP contribution in [-0.2, 0) is 0 Å². The number of hydrogen-bond acceptors (Lipinski definition) is 3. The van der Waals surface area contributed by atoms with Crippen molar-refractivity contribution in [1.82, 2.24) is 14.8 Å². The average Bonchev–Trinajstić information content (AvgIpc) is 3.07. The number of H-pyrrole nitrogens is 1. The van der Waals surface area contributed by atoms with Crippen LogP contribution in [0.5, 0.6) is 5.75 Å². The largest absolute Gasteiger partial charge is 0.491 e. The predicted molar refractivity (Wildman–Crippen MR) is 94.8 cm³/mol. The summed E-state index contributed by atoms with van der Waals surface area (Å²) in [5, 5.41) is 0. The molecule has 0 atom stereocenters. The highest BCUT2D eigenvalue weighted by Crippen LogP contribution is 2.20. The van der Waals surface area contributed by atoms with E-state index < -0.39 is 5.82 Å². The summed E-state index contributed by atoms with van der Waals surface area (Å²) in [5.74, 6) is -0.712. The van der Waals surface area contributed by atoms with Gasteiger partial charge in [-0.3, -0.25) is 9.59 Å². The number of carbonyl (C=O) groups excluding carboxylic acids is 2. The number of amides is 2. The first-order valence-electron chi connectivity index (χ1n) is 8.74. The van der Waals surface area contributed by atoms with Crippen LogP contribution in [0.4, 0.5) is 4.39 Å². The minimum Gasteiger partial charge on any atom is -0.491 e. The minimum atomic E-state index is -0.545. The van der Waals surface area contributed by atoms with E-state index in [1.54, 1.807) is 41.1 Å². The van der Waals surface area contributed by atoms with Gasteiger partial charge in [-0.2, -0.15) is 0 Å². The quantitative estimate of drug-likeness (QED) is 0.912. The van der Waals surface area contributed by atoms with Gasteiger partial charge in [0.05, 0.1) is 6.61 Å². The van der Waals surface area contributed by atoms with E-state index >= 15 is 0 Å². The van der Waals surface area contributed by atoms with Gasteiger partial charge in [0.15, 0.2) is 11.6 Å². The molecule has 1 saturated heterocycles. The second-order valence-electron chi connectivity index (χ2n) is 6.10. The standard InChI is InChI=1S/C19H22FN3O3/c1-2-26-17-7-6-14(13-15(17)20)18(24)22-9-4-10-23(12-11-22)19(25)16-5-3-8-21-16/h3,5-8,13,21H,2,4,9-12H2,1H3. The fraction of sp³-hybridized carbons (Fsp3) is 0.368. The molecular formula is C19H22FN3O3. The first-order valence-corrected chi connectivity index (χ1v) is 8.74. The van der Waals surface area contributed by atoms with Crippen molar-refractivity contribution >= 4 is 11.8 Å². The molecule has 26 heavy (non-hydrogen) atoms. The first-order chi connectivity index (χ1) is 12.6. The van der Waals surface area contributed by atoms with Crippen molar-refractivity contribution in [1.29, 1.82) is 0 Å². The Labute approximate surface area is 151 Å². The first kappa shape index (κ1) is 18.0. The van der Waals surface area contributed by atoms with Crippen LogP contribution in [0.1, 0.15) is 34.2 Å². The lowest BCUT2D eigenvalue weighted by atomic mass is 10.1. The van der Waals surface area contributed by atoms with Gasteiger partial charge in [-0.15, -0.1) is 0 Å². The van der Waals surface area contributed by atoms with Gasteiger partial charge in [0, 0.05) is 37.9 Å². The molecule has 2 aromatic rings. The third-order valence-electron chi connectivity index (χ3n) is 4.38. The molecule has 0 aliphatic carbocycles. The van der Waals surface area contributed by atoms with Gasteiger partial charge < -0.3 is 19.5 Å². The number of nitrogens with zero attached hydrogens (tertiary/aromatic N) is 2. The van der Waals surface area contributed by atoms with Crippen molar-refractivity contribution in [2.24, 2.45) is 0 Å². The zero-order valence-electron chi connectivity index (χ0n) is 14.7. The van der Waals surface area contributed by atoms with Crippen molar-refractivity contribution in [3.05, 3.63) is 53.6 Å². The number of nitrogens with one attached hydrogen (secondary N) is 1. The van der Waals surface area contributed by atoms with Crippen molar-refractivity contribution in [3.8, 4) is 5.75 Å². The van der Waals surface area contributed by atoms with Gasteiger partial charge in [0.2, 0.25) is 0 Å². The summed E-state index contributed by atoms with van der Waals surface area (Å²) in [4.78, 5) is 31.4. The van der Waals surface area contributed by atoms with Crippen LogP contribution >= 0.6 is 0 Å². The van der Waals surface area contributed by atoms with E-state index in [1.165, 1.54) is 12.1 Å². The maximum atomic E-state index is 14.0. The molecule has 1 N–H and O–H groups in total. The molecule has 1 aromatic carbocycles. The number of rotatable bonds is 4. The number of ether oxygens (including phenoxy) is 1. The third kappa shape index (κ3) is 3.87. The predicted octanol–water partition coefficient (Wildman–Crippen LogP) is 2.54. The summed E-state index contributed by atoms with van der Waals surface area (Å²) in [6, 6.07) is 7.77. The van der Waals surface area contributed by atoms with E-state index in [9.17, 15) is 14.0 Å². The van der Waals surface area contributed by atoms with Gasteiger partial charge >= 0.3 is 0 Å². The van der Waals surface area contributed by atoms with Gasteiger partial charge in [-0.1, -0.05) is 0 Å². The van der Waals surface area contributed by atoms with E-state index in [2.05, 4.69) is 4.98 Å². The molecule has 1 fully saturated rings. The van der Waals surface area contributed by atoms with Crippen molar-refractivity contribution in [3.63, 3.8) is 0 Å². The zero-order chi connectivity index (χ0) is 18.5. The Hall–Kier alpha value is -2.83.